The zero-order valence-corrected chi connectivity index (χ0v) is 15.0. The molecular weight excluding hydrogens is 327 g/mol. The summed E-state index contributed by atoms with van der Waals surface area (Å²) >= 11 is 0. The van der Waals surface area contributed by atoms with E-state index in [-0.39, 0.29) is 5.91 Å². The van der Waals surface area contributed by atoms with Gasteiger partial charge in [0, 0.05) is 19.2 Å². The highest BCUT2D eigenvalue weighted by atomic mass is 16.5. The number of aliphatic imine (C=N–C) groups is 1. The summed E-state index contributed by atoms with van der Waals surface area (Å²) in [6.45, 7) is 3.77. The summed E-state index contributed by atoms with van der Waals surface area (Å²) in [6.07, 6.45) is 3.26. The fraction of sp³-hybridized carbons (Fsp3) is 0.200. The summed E-state index contributed by atoms with van der Waals surface area (Å²) in [5, 5.41) is 0. The smallest absolute Gasteiger partial charge is 0.375 e. The number of ether oxygens (including phenoxy) is 1. The second-order valence-corrected chi connectivity index (χ2v) is 5.65. The van der Waals surface area contributed by atoms with Crippen molar-refractivity contribution in [2.24, 2.45) is 4.99 Å². The van der Waals surface area contributed by atoms with Crippen LogP contribution in [-0.4, -0.2) is 40.6 Å². The second kappa shape index (κ2) is 9.46. The van der Waals surface area contributed by atoms with E-state index >= 15 is 0 Å². The molecule has 132 valence electrons. The van der Waals surface area contributed by atoms with Gasteiger partial charge >= 0.3 is 8.05 Å². The molecule has 2 aromatic carbocycles. The fourth-order valence-corrected chi connectivity index (χ4v) is 2.54. The van der Waals surface area contributed by atoms with Gasteiger partial charge in [0.15, 0.2) is 6.40 Å². The first-order valence-corrected chi connectivity index (χ1v) is 8.09. The molecule has 26 heavy (non-hydrogen) atoms. The van der Waals surface area contributed by atoms with Crippen molar-refractivity contribution in [3.63, 3.8) is 0 Å². The van der Waals surface area contributed by atoms with E-state index in [0.717, 1.165) is 29.0 Å². The van der Waals surface area contributed by atoms with Gasteiger partial charge in [-0.05, 0) is 35.4 Å². The first-order chi connectivity index (χ1) is 12.6. The number of benzene rings is 2. The molecule has 1 amide bonds. The lowest BCUT2D eigenvalue weighted by atomic mass is 10.0. The second-order valence-electron chi connectivity index (χ2n) is 5.65. The van der Waals surface area contributed by atoms with Crippen LogP contribution >= 0.6 is 0 Å². The lowest BCUT2D eigenvalue weighted by molar-refractivity contribution is -0.119. The molecule has 1 atom stereocenters. The van der Waals surface area contributed by atoms with Crippen LogP contribution < -0.4 is 9.64 Å². The van der Waals surface area contributed by atoms with Crippen molar-refractivity contribution in [2.45, 2.75) is 12.5 Å². The minimum atomic E-state index is -0.661. The topological polar surface area (TPSA) is 51.1 Å². The van der Waals surface area contributed by atoms with Gasteiger partial charge in [-0.3, -0.25) is 4.79 Å². The fourth-order valence-electron chi connectivity index (χ4n) is 2.54. The van der Waals surface area contributed by atoms with Gasteiger partial charge in [-0.15, -0.1) is 0 Å². The van der Waals surface area contributed by atoms with E-state index in [9.17, 15) is 4.79 Å². The van der Waals surface area contributed by atoms with Crippen molar-refractivity contribution in [1.82, 2.24) is 0 Å². The summed E-state index contributed by atoms with van der Waals surface area (Å²) in [6, 6.07) is 14.4. The van der Waals surface area contributed by atoms with Gasteiger partial charge in [-0.25, -0.2) is 4.99 Å². The molecule has 2 aromatic rings. The van der Waals surface area contributed by atoms with Crippen LogP contribution in [0.4, 0.5) is 5.69 Å². The minimum Gasteiger partial charge on any atom is -0.560 e. The monoisotopic (exact) mass is 348 g/mol. The van der Waals surface area contributed by atoms with Crippen molar-refractivity contribution >= 4 is 32.1 Å². The van der Waals surface area contributed by atoms with Crippen LogP contribution in [0.2, 0.25) is 0 Å². The van der Waals surface area contributed by atoms with Gasteiger partial charge < -0.3 is 14.3 Å². The first-order valence-electron chi connectivity index (χ1n) is 8.09. The summed E-state index contributed by atoms with van der Waals surface area (Å²) in [7, 11) is 8.33. The molecule has 0 aliphatic heterocycles. The average Bonchev–Trinajstić information content (AvgIpc) is 2.70. The highest BCUT2D eigenvalue weighted by Gasteiger charge is 2.23. The quantitative estimate of drug-likeness (QED) is 0.419. The van der Waals surface area contributed by atoms with E-state index in [2.05, 4.69) is 16.2 Å². The van der Waals surface area contributed by atoms with Gasteiger partial charge in [0.25, 0.3) is 5.91 Å². The molecule has 2 radical (unpaired) electrons. The third-order valence-electron chi connectivity index (χ3n) is 3.99. The van der Waals surface area contributed by atoms with Crippen molar-refractivity contribution in [3.8, 4) is 5.75 Å². The molecule has 0 spiro atoms. The number of anilines is 1. The molecule has 0 unspecified atom stereocenters. The Kier molecular flexibility index (Phi) is 7.03. The Bertz CT molecular complexity index is 775. The Labute approximate surface area is 155 Å². The Balaban J connectivity index is 2.21. The van der Waals surface area contributed by atoms with Crippen LogP contribution in [0.3, 0.4) is 0 Å². The summed E-state index contributed by atoms with van der Waals surface area (Å²) < 4.78 is 9.57. The van der Waals surface area contributed by atoms with E-state index < -0.39 is 6.04 Å². The maximum absolute atomic E-state index is 12.9. The average molecular weight is 348 g/mol. The number of likely N-dealkylation sites (N-methyl/N-ethyl adjacent to an activating group) is 1. The third kappa shape index (κ3) is 4.99. The third-order valence-corrected chi connectivity index (χ3v) is 3.99. The van der Waals surface area contributed by atoms with E-state index in [1.165, 1.54) is 0 Å². The molecule has 0 N–H and O–H groups in total. The van der Waals surface area contributed by atoms with Crippen molar-refractivity contribution in [3.05, 3.63) is 66.2 Å². The SMILES string of the molecule is [B]OC=N[C@@H](Cc1cccc(C=C)c1)C(=O)N(C)c1ccc(OC)cc1. The number of carbonyl (C=O) groups is 1. The van der Waals surface area contributed by atoms with Gasteiger partial charge in [-0.1, -0.05) is 36.9 Å². The lowest BCUT2D eigenvalue weighted by Crippen LogP contribution is -2.37. The highest BCUT2D eigenvalue weighted by Crippen LogP contribution is 2.20. The molecule has 0 bridgehead atoms. The van der Waals surface area contributed by atoms with E-state index in [1.54, 1.807) is 37.3 Å². The van der Waals surface area contributed by atoms with E-state index in [1.807, 2.05) is 36.4 Å². The van der Waals surface area contributed by atoms with Gasteiger partial charge in [0.1, 0.15) is 11.8 Å². The normalized spacial score (nSPS) is 11.8. The molecule has 5 nitrogen and oxygen atoms in total. The number of methoxy groups -OCH3 is 1. The standard InChI is InChI=1S/C20H21BN2O3/c1-4-15-6-5-7-16(12-15)13-19(22-14-26-21)20(24)23(2)17-8-10-18(25-3)11-9-17/h4-12,14,19H,1,13H2,2-3H3/t19-/m0/s1. The predicted octanol–water partition coefficient (Wildman–Crippen LogP) is 3.04. The molecule has 0 saturated heterocycles. The molecule has 0 heterocycles. The molecule has 2 rings (SSSR count). The van der Waals surface area contributed by atoms with Crippen molar-refractivity contribution in [1.29, 1.82) is 0 Å². The molecule has 0 aliphatic carbocycles. The number of carbonyl (C=O) groups excluding carboxylic acids is 1. The molecule has 0 saturated carbocycles. The Morgan fingerprint density at radius 1 is 1.31 bits per heavy atom. The molecule has 0 aliphatic rings. The number of hydrogen-bond donors (Lipinski definition) is 0. The minimum absolute atomic E-state index is 0.174. The maximum Gasteiger partial charge on any atom is 0.375 e. The van der Waals surface area contributed by atoms with Crippen LogP contribution in [0.15, 0.2) is 60.1 Å². The number of rotatable bonds is 8. The zero-order chi connectivity index (χ0) is 18.9. The van der Waals surface area contributed by atoms with Crippen molar-refractivity contribution < 1.29 is 14.2 Å². The molecule has 6 heteroatoms. The molecule has 0 aromatic heterocycles. The zero-order valence-electron chi connectivity index (χ0n) is 15.0. The summed E-state index contributed by atoms with van der Waals surface area (Å²) in [4.78, 5) is 18.6. The predicted molar refractivity (Wildman–Crippen MR) is 106 cm³/mol. The highest BCUT2D eigenvalue weighted by molar-refractivity contribution is 6.03. The number of hydrogen-bond acceptors (Lipinski definition) is 4. The van der Waals surface area contributed by atoms with Crippen LogP contribution in [0.1, 0.15) is 11.1 Å². The molecule has 0 fully saturated rings. The first kappa shape index (κ1) is 19.3. The van der Waals surface area contributed by atoms with Crippen LogP contribution in [0.5, 0.6) is 5.75 Å². The maximum atomic E-state index is 12.9. The van der Waals surface area contributed by atoms with Gasteiger partial charge in [0.05, 0.1) is 7.11 Å². The van der Waals surface area contributed by atoms with Gasteiger partial charge in [0.2, 0.25) is 0 Å². The number of nitrogens with zero attached hydrogens (tertiary/aromatic N) is 2. The Morgan fingerprint density at radius 3 is 2.65 bits per heavy atom. The number of amides is 1. The van der Waals surface area contributed by atoms with Crippen LogP contribution in [0, 0.1) is 0 Å². The largest absolute Gasteiger partial charge is 0.560 e. The molecular formula is C20H21BN2O3. The summed E-state index contributed by atoms with van der Waals surface area (Å²) in [5.74, 6) is 0.550. The van der Waals surface area contributed by atoms with E-state index in [4.69, 9.17) is 12.8 Å². The Hall–Kier alpha value is -3.02. The Morgan fingerprint density at radius 2 is 2.04 bits per heavy atom. The lowest BCUT2D eigenvalue weighted by Gasteiger charge is -2.22. The van der Waals surface area contributed by atoms with E-state index in [0.29, 0.717) is 6.42 Å². The van der Waals surface area contributed by atoms with Crippen LogP contribution in [0.25, 0.3) is 6.08 Å². The van der Waals surface area contributed by atoms with Gasteiger partial charge in [-0.2, -0.15) is 0 Å². The van der Waals surface area contributed by atoms with Crippen LogP contribution in [-0.2, 0) is 15.9 Å². The summed E-state index contributed by atoms with van der Waals surface area (Å²) in [5.41, 5.74) is 2.69. The van der Waals surface area contributed by atoms with Crippen molar-refractivity contribution in [2.75, 3.05) is 19.1 Å².